The minimum absolute atomic E-state index is 0.267. The number of Topliss-reactive ketones (excluding diaryl/α,β-unsaturated/α-hetero) is 1. The summed E-state index contributed by atoms with van der Waals surface area (Å²) in [5.41, 5.74) is 0.631. The molecular weight excluding hydrogens is 304 g/mol. The lowest BCUT2D eigenvalue weighted by molar-refractivity contribution is -0.131. The smallest absolute Gasteiger partial charge is 0.136 e. The van der Waals surface area contributed by atoms with Gasteiger partial charge in [-0.25, -0.2) is 0 Å². The van der Waals surface area contributed by atoms with Gasteiger partial charge in [0.1, 0.15) is 5.78 Å². The van der Waals surface area contributed by atoms with Gasteiger partial charge in [-0.05, 0) is 68.1 Å². The first-order valence-electron chi connectivity index (χ1n) is 11.0. The molecule has 2 fully saturated rings. The van der Waals surface area contributed by atoms with E-state index in [0.717, 1.165) is 25.2 Å². The Kier molecular flexibility index (Phi) is 8.92. The molecule has 0 bridgehead atoms. The lowest BCUT2D eigenvalue weighted by atomic mass is 9.56. The summed E-state index contributed by atoms with van der Waals surface area (Å²) in [4.78, 5) is 12.5. The Morgan fingerprint density at radius 3 is 2.56 bits per heavy atom. The van der Waals surface area contributed by atoms with E-state index in [0.29, 0.717) is 23.0 Å². The maximum atomic E-state index is 12.5. The van der Waals surface area contributed by atoms with E-state index in [1.54, 1.807) is 0 Å². The molecule has 2 rings (SSSR count). The topological polar surface area (TPSA) is 17.1 Å². The molecule has 1 unspecified atom stereocenters. The van der Waals surface area contributed by atoms with Gasteiger partial charge < -0.3 is 0 Å². The number of carbonyl (C=O) groups excluding carboxylic acids is 1. The van der Waals surface area contributed by atoms with Crippen LogP contribution in [0, 0.1) is 28.6 Å². The fourth-order valence-corrected chi connectivity index (χ4v) is 5.79. The summed E-state index contributed by atoms with van der Waals surface area (Å²) < 4.78 is 0. The molecule has 1 heteroatoms. The maximum absolute atomic E-state index is 12.5. The molecular formula is C24H44O. The van der Waals surface area contributed by atoms with E-state index in [-0.39, 0.29) is 5.41 Å². The second-order valence-corrected chi connectivity index (χ2v) is 9.22. The maximum Gasteiger partial charge on any atom is 0.136 e. The van der Waals surface area contributed by atoms with Crippen LogP contribution < -0.4 is 0 Å². The molecule has 2 aliphatic carbocycles. The van der Waals surface area contributed by atoms with E-state index >= 15 is 0 Å². The molecule has 1 nitrogen and oxygen atoms in total. The van der Waals surface area contributed by atoms with Crippen LogP contribution >= 0.6 is 0 Å². The number of fused-ring (bicyclic) bond motifs is 1. The van der Waals surface area contributed by atoms with Gasteiger partial charge >= 0.3 is 0 Å². The number of allylic oxidation sites excluding steroid dienone is 2. The van der Waals surface area contributed by atoms with Crippen LogP contribution in [0.5, 0.6) is 0 Å². The lowest BCUT2D eigenvalue weighted by Crippen LogP contribution is -2.43. The van der Waals surface area contributed by atoms with Gasteiger partial charge in [0, 0.05) is 12.3 Å². The van der Waals surface area contributed by atoms with Gasteiger partial charge in [0.15, 0.2) is 0 Å². The SMILES string of the molecule is C/C=C/C[C@@](C)(CCCC(C)C)[C@H]1CCC2C(=O)CCC[C@@]21C.CC. The first kappa shape index (κ1) is 22.5. The van der Waals surface area contributed by atoms with Crippen LogP contribution in [-0.2, 0) is 4.79 Å². The molecule has 0 aliphatic heterocycles. The molecule has 0 aromatic carbocycles. The van der Waals surface area contributed by atoms with Crippen LogP contribution in [0.2, 0.25) is 0 Å². The van der Waals surface area contributed by atoms with Crippen LogP contribution in [0.25, 0.3) is 0 Å². The summed E-state index contributed by atoms with van der Waals surface area (Å²) in [5.74, 6) is 2.44. The standard InChI is InChI=1S/C22H38O.C2H6/c1-6-7-14-21(4,15-8-10-17(2)3)20-13-12-18-19(23)11-9-16-22(18,20)5;1-2/h6-7,17-18,20H,8-16H2,1-5H3;1-2H3/b7-6+;/t18?,20-,21+,22+;/m1./s1. The summed E-state index contributed by atoms with van der Waals surface area (Å²) in [6.45, 7) is 15.8. The van der Waals surface area contributed by atoms with Crippen LogP contribution in [0.15, 0.2) is 12.2 Å². The number of carbonyl (C=O) groups is 1. The van der Waals surface area contributed by atoms with Gasteiger partial charge in [-0.15, -0.1) is 0 Å². The molecule has 0 aromatic rings. The van der Waals surface area contributed by atoms with Crippen molar-refractivity contribution in [3.8, 4) is 0 Å². The third-order valence-electron chi connectivity index (χ3n) is 7.05. The predicted molar refractivity (Wildman–Crippen MR) is 111 cm³/mol. The van der Waals surface area contributed by atoms with Crippen molar-refractivity contribution in [3.63, 3.8) is 0 Å². The molecule has 0 N–H and O–H groups in total. The monoisotopic (exact) mass is 348 g/mol. The van der Waals surface area contributed by atoms with E-state index in [9.17, 15) is 4.79 Å². The van der Waals surface area contributed by atoms with Crippen molar-refractivity contribution in [2.24, 2.45) is 28.6 Å². The summed E-state index contributed by atoms with van der Waals surface area (Å²) >= 11 is 0. The van der Waals surface area contributed by atoms with E-state index in [4.69, 9.17) is 0 Å². The zero-order valence-electron chi connectivity index (χ0n) is 18.2. The fraction of sp³-hybridized carbons (Fsp3) is 0.875. The average Bonchev–Trinajstić information content (AvgIpc) is 2.94. The highest BCUT2D eigenvalue weighted by atomic mass is 16.1. The van der Waals surface area contributed by atoms with Crippen molar-refractivity contribution in [3.05, 3.63) is 12.2 Å². The number of ketones is 1. The highest BCUT2D eigenvalue weighted by Gasteiger charge is 2.55. The molecule has 25 heavy (non-hydrogen) atoms. The van der Waals surface area contributed by atoms with Gasteiger partial charge in [-0.3, -0.25) is 4.79 Å². The Morgan fingerprint density at radius 2 is 1.96 bits per heavy atom. The molecule has 2 saturated carbocycles. The molecule has 0 aromatic heterocycles. The van der Waals surface area contributed by atoms with Crippen LogP contribution in [-0.4, -0.2) is 5.78 Å². The van der Waals surface area contributed by atoms with Gasteiger partial charge in [-0.2, -0.15) is 0 Å². The zero-order valence-corrected chi connectivity index (χ0v) is 18.2. The van der Waals surface area contributed by atoms with E-state index < -0.39 is 0 Å². The molecule has 0 amide bonds. The summed E-state index contributed by atoms with van der Waals surface area (Å²) in [7, 11) is 0. The zero-order chi connectivity index (χ0) is 19.1. The van der Waals surface area contributed by atoms with E-state index in [1.165, 1.54) is 38.5 Å². The minimum Gasteiger partial charge on any atom is -0.299 e. The van der Waals surface area contributed by atoms with Crippen LogP contribution in [0.1, 0.15) is 106 Å². The second-order valence-electron chi connectivity index (χ2n) is 9.22. The van der Waals surface area contributed by atoms with Crippen LogP contribution in [0.3, 0.4) is 0 Å². The largest absolute Gasteiger partial charge is 0.299 e. The predicted octanol–water partition coefficient (Wildman–Crippen LogP) is 7.60. The Bertz CT molecular complexity index is 435. The van der Waals surface area contributed by atoms with Gasteiger partial charge in [0.2, 0.25) is 0 Å². The second kappa shape index (κ2) is 9.93. The molecule has 146 valence electrons. The Morgan fingerprint density at radius 1 is 1.28 bits per heavy atom. The van der Waals surface area contributed by atoms with Gasteiger partial charge in [0.05, 0.1) is 0 Å². The van der Waals surface area contributed by atoms with Crippen molar-refractivity contribution in [2.45, 2.75) is 106 Å². The summed E-state index contributed by atoms with van der Waals surface area (Å²) in [6, 6.07) is 0. The number of hydrogen-bond acceptors (Lipinski definition) is 1. The van der Waals surface area contributed by atoms with E-state index in [1.807, 2.05) is 13.8 Å². The van der Waals surface area contributed by atoms with E-state index in [2.05, 4.69) is 46.8 Å². The first-order valence-corrected chi connectivity index (χ1v) is 11.0. The number of hydrogen-bond donors (Lipinski definition) is 0. The number of rotatable bonds is 7. The highest BCUT2D eigenvalue weighted by molar-refractivity contribution is 5.83. The van der Waals surface area contributed by atoms with Crippen molar-refractivity contribution in [2.75, 3.05) is 0 Å². The molecule has 4 atom stereocenters. The molecule has 0 heterocycles. The van der Waals surface area contributed by atoms with Crippen molar-refractivity contribution < 1.29 is 4.79 Å². The third kappa shape index (κ3) is 5.20. The molecule has 0 saturated heterocycles. The molecule has 0 spiro atoms. The van der Waals surface area contributed by atoms with Crippen molar-refractivity contribution >= 4 is 5.78 Å². The quantitative estimate of drug-likeness (QED) is 0.433. The molecule has 0 radical (unpaired) electrons. The van der Waals surface area contributed by atoms with Crippen molar-refractivity contribution in [1.82, 2.24) is 0 Å². The Balaban J connectivity index is 0.00000151. The summed E-state index contributed by atoms with van der Waals surface area (Å²) in [6.07, 6.45) is 15.4. The summed E-state index contributed by atoms with van der Waals surface area (Å²) in [5, 5.41) is 0. The third-order valence-corrected chi connectivity index (χ3v) is 7.05. The van der Waals surface area contributed by atoms with Crippen LogP contribution in [0.4, 0.5) is 0 Å². The fourth-order valence-electron chi connectivity index (χ4n) is 5.79. The van der Waals surface area contributed by atoms with Crippen molar-refractivity contribution in [1.29, 1.82) is 0 Å². The Hall–Kier alpha value is -0.590. The Labute approximate surface area is 158 Å². The average molecular weight is 349 g/mol. The highest BCUT2D eigenvalue weighted by Crippen LogP contribution is 2.61. The van der Waals surface area contributed by atoms with Gasteiger partial charge in [-0.1, -0.05) is 66.5 Å². The molecule has 2 aliphatic rings. The normalized spacial score (nSPS) is 31.6. The minimum atomic E-state index is 0.267. The lowest BCUT2D eigenvalue weighted by Gasteiger charge is -2.48. The van der Waals surface area contributed by atoms with Gasteiger partial charge in [0.25, 0.3) is 0 Å². The first-order chi connectivity index (χ1) is 11.8.